The molecule has 0 saturated heterocycles. The van der Waals surface area contributed by atoms with Gasteiger partial charge in [-0.05, 0) is 30.7 Å². The van der Waals surface area contributed by atoms with Crippen LogP contribution in [0.5, 0.6) is 5.75 Å². The summed E-state index contributed by atoms with van der Waals surface area (Å²) in [6, 6.07) is 16.8. The molecular formula is C22H19N3O5. The van der Waals surface area contributed by atoms with Crippen LogP contribution in [0, 0.1) is 17.0 Å². The molecule has 8 heteroatoms. The highest BCUT2D eigenvalue weighted by molar-refractivity contribution is 6.03. The maximum absolute atomic E-state index is 12.9. The first-order chi connectivity index (χ1) is 14.5. The summed E-state index contributed by atoms with van der Waals surface area (Å²) >= 11 is 0. The summed E-state index contributed by atoms with van der Waals surface area (Å²) in [6.07, 6.45) is 2.07. The van der Waals surface area contributed by atoms with Crippen LogP contribution in [0.4, 0.5) is 5.69 Å². The van der Waals surface area contributed by atoms with Crippen molar-refractivity contribution in [3.8, 4) is 5.75 Å². The lowest BCUT2D eigenvalue weighted by atomic mass is 10.0. The molecule has 0 fully saturated rings. The van der Waals surface area contributed by atoms with Gasteiger partial charge in [0.25, 0.3) is 11.6 Å². The van der Waals surface area contributed by atoms with Crippen molar-refractivity contribution < 1.29 is 18.9 Å². The van der Waals surface area contributed by atoms with Gasteiger partial charge >= 0.3 is 0 Å². The predicted molar refractivity (Wildman–Crippen MR) is 109 cm³/mol. The van der Waals surface area contributed by atoms with Crippen molar-refractivity contribution in [2.45, 2.75) is 19.4 Å². The van der Waals surface area contributed by atoms with E-state index in [9.17, 15) is 14.9 Å². The van der Waals surface area contributed by atoms with Crippen molar-refractivity contribution in [3.63, 3.8) is 0 Å². The molecule has 0 spiro atoms. The van der Waals surface area contributed by atoms with Crippen LogP contribution in [0.1, 0.15) is 29.3 Å². The van der Waals surface area contributed by atoms with Gasteiger partial charge in [-0.15, -0.1) is 0 Å². The van der Waals surface area contributed by atoms with Crippen molar-refractivity contribution >= 4 is 17.3 Å². The highest BCUT2D eigenvalue weighted by atomic mass is 16.6. The first-order valence-corrected chi connectivity index (χ1v) is 9.38. The lowest BCUT2D eigenvalue weighted by Crippen LogP contribution is -2.31. The largest absolute Gasteiger partial charge is 0.483 e. The number of hydrogen-bond donors (Lipinski definition) is 0. The van der Waals surface area contributed by atoms with Gasteiger partial charge in [0.2, 0.25) is 0 Å². The second-order valence-corrected chi connectivity index (χ2v) is 6.93. The van der Waals surface area contributed by atoms with Gasteiger partial charge in [-0.25, -0.2) is 5.01 Å². The molecule has 0 bridgehead atoms. The maximum Gasteiger partial charge on any atom is 0.281 e. The fourth-order valence-corrected chi connectivity index (χ4v) is 3.26. The Morgan fingerprint density at radius 1 is 1.23 bits per heavy atom. The lowest BCUT2D eigenvalue weighted by molar-refractivity contribution is -0.384. The zero-order chi connectivity index (χ0) is 21.1. The number of carbonyl (C=O) groups is 1. The Labute approximate surface area is 172 Å². The van der Waals surface area contributed by atoms with E-state index in [1.165, 1.54) is 23.2 Å². The number of carbonyl (C=O) groups excluding carboxylic acids is 1. The van der Waals surface area contributed by atoms with Crippen molar-refractivity contribution in [1.82, 2.24) is 5.01 Å². The van der Waals surface area contributed by atoms with E-state index in [4.69, 9.17) is 9.15 Å². The Morgan fingerprint density at radius 3 is 2.73 bits per heavy atom. The third kappa shape index (κ3) is 4.07. The molecule has 1 aliphatic rings. The van der Waals surface area contributed by atoms with E-state index >= 15 is 0 Å². The van der Waals surface area contributed by atoms with Crippen molar-refractivity contribution in [2.24, 2.45) is 5.10 Å². The number of hydrazone groups is 1. The van der Waals surface area contributed by atoms with Crippen molar-refractivity contribution in [1.29, 1.82) is 0 Å². The number of non-ortho nitro benzene ring substituents is 1. The average Bonchev–Trinajstić information content (AvgIpc) is 3.42. The van der Waals surface area contributed by atoms with Crippen LogP contribution in [0.15, 0.2) is 76.4 Å². The summed E-state index contributed by atoms with van der Waals surface area (Å²) in [4.78, 5) is 23.3. The number of nitro groups is 1. The van der Waals surface area contributed by atoms with E-state index in [1.807, 2.05) is 31.2 Å². The van der Waals surface area contributed by atoms with E-state index in [2.05, 4.69) is 5.10 Å². The number of rotatable bonds is 6. The van der Waals surface area contributed by atoms with E-state index in [1.54, 1.807) is 24.5 Å². The average molecular weight is 405 g/mol. The summed E-state index contributed by atoms with van der Waals surface area (Å²) in [7, 11) is 0. The van der Waals surface area contributed by atoms with Crippen LogP contribution >= 0.6 is 0 Å². The molecule has 4 rings (SSSR count). The minimum Gasteiger partial charge on any atom is -0.483 e. The summed E-state index contributed by atoms with van der Waals surface area (Å²) in [6.45, 7) is 1.70. The van der Waals surface area contributed by atoms with Crippen LogP contribution in [0.25, 0.3) is 0 Å². The Balaban J connectivity index is 1.54. The number of nitro benzene ring substituents is 1. The molecule has 0 N–H and O–H groups in total. The van der Waals surface area contributed by atoms with Crippen LogP contribution in [-0.2, 0) is 4.79 Å². The number of nitrogens with zero attached hydrogens (tertiary/aromatic N) is 3. The van der Waals surface area contributed by atoms with Gasteiger partial charge in [0, 0.05) is 12.5 Å². The number of amides is 1. The van der Waals surface area contributed by atoms with Crippen molar-refractivity contribution in [2.75, 3.05) is 6.61 Å². The van der Waals surface area contributed by atoms with Gasteiger partial charge in [0.05, 0.1) is 23.0 Å². The molecule has 1 atom stereocenters. The predicted octanol–water partition coefficient (Wildman–Crippen LogP) is 4.25. The molecule has 1 unspecified atom stereocenters. The van der Waals surface area contributed by atoms with Crippen LogP contribution in [0.3, 0.4) is 0 Å². The van der Waals surface area contributed by atoms with Crippen LogP contribution in [0.2, 0.25) is 0 Å². The summed E-state index contributed by atoms with van der Waals surface area (Å²) in [5, 5.41) is 16.8. The number of furan rings is 1. The fourth-order valence-electron chi connectivity index (χ4n) is 3.26. The van der Waals surface area contributed by atoms with E-state index in [-0.39, 0.29) is 30.0 Å². The number of aryl methyl sites for hydroxylation is 1. The Kier molecular flexibility index (Phi) is 5.30. The standard InChI is InChI=1S/C22H19N3O5/c1-15-7-9-16(10-8-15)19-13-20(21-6-3-11-29-21)24(23-19)22(26)14-30-18-5-2-4-17(12-18)25(27)28/h2-12,20H,13-14H2,1H3. The monoisotopic (exact) mass is 405 g/mol. The first kappa shape index (κ1) is 19.4. The van der Waals surface area contributed by atoms with Gasteiger partial charge in [0.1, 0.15) is 17.6 Å². The molecule has 152 valence electrons. The third-order valence-corrected chi connectivity index (χ3v) is 4.81. The Morgan fingerprint density at radius 2 is 2.03 bits per heavy atom. The van der Waals surface area contributed by atoms with Gasteiger partial charge in [-0.1, -0.05) is 35.9 Å². The molecule has 1 aliphatic heterocycles. The molecule has 30 heavy (non-hydrogen) atoms. The molecule has 0 aliphatic carbocycles. The first-order valence-electron chi connectivity index (χ1n) is 9.38. The molecule has 0 saturated carbocycles. The fraction of sp³-hybridized carbons (Fsp3) is 0.182. The summed E-state index contributed by atoms with van der Waals surface area (Å²) in [5.41, 5.74) is 2.75. The summed E-state index contributed by atoms with van der Waals surface area (Å²) in [5.74, 6) is 0.503. The number of hydrogen-bond acceptors (Lipinski definition) is 6. The van der Waals surface area contributed by atoms with Crippen LogP contribution < -0.4 is 4.74 Å². The highest BCUT2D eigenvalue weighted by Gasteiger charge is 2.35. The molecule has 8 nitrogen and oxygen atoms in total. The van der Waals surface area contributed by atoms with Gasteiger partial charge in [-0.3, -0.25) is 14.9 Å². The van der Waals surface area contributed by atoms with Gasteiger partial charge in [-0.2, -0.15) is 5.10 Å². The highest BCUT2D eigenvalue weighted by Crippen LogP contribution is 2.33. The molecule has 2 aromatic carbocycles. The molecule has 2 heterocycles. The second kappa shape index (κ2) is 8.20. The minimum atomic E-state index is -0.514. The molecule has 1 amide bonds. The molecule has 0 radical (unpaired) electrons. The SMILES string of the molecule is Cc1ccc(C2=NN(C(=O)COc3cccc([N+](=O)[O-])c3)C(c3ccco3)C2)cc1. The zero-order valence-corrected chi connectivity index (χ0v) is 16.2. The van der Waals surface area contributed by atoms with E-state index < -0.39 is 4.92 Å². The third-order valence-electron chi connectivity index (χ3n) is 4.81. The van der Waals surface area contributed by atoms with E-state index in [0.717, 1.165) is 16.8 Å². The number of ether oxygens (including phenoxy) is 1. The van der Waals surface area contributed by atoms with Crippen LogP contribution in [-0.4, -0.2) is 28.2 Å². The Bertz CT molecular complexity index is 1090. The normalized spacial score (nSPS) is 15.7. The van der Waals surface area contributed by atoms with Gasteiger partial charge < -0.3 is 9.15 Å². The quantitative estimate of drug-likeness (QED) is 0.451. The molecular weight excluding hydrogens is 386 g/mol. The van der Waals surface area contributed by atoms with Gasteiger partial charge in [0.15, 0.2) is 6.61 Å². The lowest BCUT2D eigenvalue weighted by Gasteiger charge is -2.19. The molecule has 1 aromatic heterocycles. The van der Waals surface area contributed by atoms with E-state index in [0.29, 0.717) is 12.2 Å². The zero-order valence-electron chi connectivity index (χ0n) is 16.2. The molecule has 3 aromatic rings. The minimum absolute atomic E-state index is 0.103. The van der Waals surface area contributed by atoms with Crippen molar-refractivity contribution in [3.05, 3.63) is 93.9 Å². The maximum atomic E-state index is 12.9. The topological polar surface area (TPSA) is 98.2 Å². The second-order valence-electron chi connectivity index (χ2n) is 6.93. The summed E-state index contributed by atoms with van der Waals surface area (Å²) < 4.78 is 11.0. The Hall–Kier alpha value is -3.94. The number of benzene rings is 2. The smallest absolute Gasteiger partial charge is 0.281 e.